The summed E-state index contributed by atoms with van der Waals surface area (Å²) in [6.45, 7) is 1.91. The maximum Gasteiger partial charge on any atom is 0.274 e. The summed E-state index contributed by atoms with van der Waals surface area (Å²) in [5.74, 6) is -0.233. The van der Waals surface area contributed by atoms with E-state index in [4.69, 9.17) is 10.6 Å². The van der Waals surface area contributed by atoms with E-state index < -0.39 is 0 Å². The lowest BCUT2D eigenvalue weighted by atomic mass is 10.1. The maximum absolute atomic E-state index is 11.8. The van der Waals surface area contributed by atoms with Crippen LogP contribution in [0.5, 0.6) is 0 Å². The van der Waals surface area contributed by atoms with Crippen molar-refractivity contribution in [3.8, 4) is 0 Å². The number of aryl methyl sites for hydroxylation is 1. The summed E-state index contributed by atoms with van der Waals surface area (Å²) < 4.78 is 0. The van der Waals surface area contributed by atoms with E-state index >= 15 is 0 Å². The van der Waals surface area contributed by atoms with E-state index in [0.717, 1.165) is 18.4 Å². The number of nitrogen functional groups attached to an aromatic ring is 1. The summed E-state index contributed by atoms with van der Waals surface area (Å²) in [7, 11) is 0. The number of nitrogens with one attached hydrogen (secondary N) is 1. The first-order chi connectivity index (χ1) is 8.16. The van der Waals surface area contributed by atoms with E-state index in [-0.39, 0.29) is 12.0 Å². The van der Waals surface area contributed by atoms with Crippen LogP contribution in [-0.4, -0.2) is 12.0 Å². The SMILES string of the molecule is Cc1ccc(C(=O)NOC2CCCC2)cc1N. The fraction of sp³-hybridized carbons (Fsp3) is 0.462. The molecule has 0 bridgehead atoms. The Morgan fingerprint density at radius 3 is 2.76 bits per heavy atom. The number of hydrogen-bond acceptors (Lipinski definition) is 3. The number of carbonyl (C=O) groups excluding carboxylic acids is 1. The zero-order valence-corrected chi connectivity index (χ0v) is 10.0. The molecule has 1 aromatic carbocycles. The fourth-order valence-corrected chi connectivity index (χ4v) is 1.98. The molecular formula is C13H18N2O2. The normalized spacial score (nSPS) is 16.1. The highest BCUT2D eigenvalue weighted by Crippen LogP contribution is 2.20. The summed E-state index contributed by atoms with van der Waals surface area (Å²) in [5, 5.41) is 0. The van der Waals surface area contributed by atoms with Gasteiger partial charge < -0.3 is 5.73 Å². The Labute approximate surface area is 101 Å². The monoisotopic (exact) mass is 234 g/mol. The quantitative estimate of drug-likeness (QED) is 0.622. The van der Waals surface area contributed by atoms with Crippen molar-refractivity contribution >= 4 is 11.6 Å². The van der Waals surface area contributed by atoms with Crippen molar-refractivity contribution < 1.29 is 9.63 Å². The number of hydrogen-bond donors (Lipinski definition) is 2. The van der Waals surface area contributed by atoms with E-state index in [2.05, 4.69) is 5.48 Å². The van der Waals surface area contributed by atoms with E-state index in [1.807, 2.05) is 13.0 Å². The minimum absolute atomic E-state index is 0.168. The molecule has 0 atom stereocenters. The standard InChI is InChI=1S/C13H18N2O2/c1-9-6-7-10(8-12(9)14)13(16)15-17-11-4-2-3-5-11/h6-8,11H,2-5,14H2,1H3,(H,15,16). The molecule has 0 heterocycles. The van der Waals surface area contributed by atoms with Crippen LogP contribution in [0.15, 0.2) is 18.2 Å². The van der Waals surface area contributed by atoms with Crippen LogP contribution < -0.4 is 11.2 Å². The highest BCUT2D eigenvalue weighted by atomic mass is 16.7. The minimum atomic E-state index is -0.233. The van der Waals surface area contributed by atoms with Crippen LogP contribution in [0.25, 0.3) is 0 Å². The van der Waals surface area contributed by atoms with Crippen LogP contribution in [-0.2, 0) is 4.84 Å². The molecule has 4 nitrogen and oxygen atoms in total. The van der Waals surface area contributed by atoms with Gasteiger partial charge in [-0.05, 0) is 37.5 Å². The van der Waals surface area contributed by atoms with Gasteiger partial charge in [0.05, 0.1) is 6.10 Å². The third-order valence-electron chi connectivity index (χ3n) is 3.16. The number of rotatable bonds is 3. The number of benzene rings is 1. The second-order valence-corrected chi connectivity index (χ2v) is 4.53. The van der Waals surface area contributed by atoms with Gasteiger partial charge in [-0.1, -0.05) is 18.9 Å². The Morgan fingerprint density at radius 1 is 1.41 bits per heavy atom. The first-order valence-corrected chi connectivity index (χ1v) is 5.99. The van der Waals surface area contributed by atoms with E-state index in [9.17, 15) is 4.79 Å². The van der Waals surface area contributed by atoms with E-state index in [1.165, 1.54) is 12.8 Å². The zero-order valence-electron chi connectivity index (χ0n) is 10.0. The van der Waals surface area contributed by atoms with Crippen LogP contribution in [0, 0.1) is 6.92 Å². The van der Waals surface area contributed by atoms with Crippen molar-refractivity contribution in [2.45, 2.75) is 38.7 Å². The predicted octanol–water partition coefficient (Wildman–Crippen LogP) is 2.18. The molecule has 1 amide bonds. The lowest BCUT2D eigenvalue weighted by Gasteiger charge is -2.11. The van der Waals surface area contributed by atoms with Gasteiger partial charge in [-0.15, -0.1) is 0 Å². The molecule has 0 saturated heterocycles. The van der Waals surface area contributed by atoms with Crippen LogP contribution >= 0.6 is 0 Å². The lowest BCUT2D eigenvalue weighted by Crippen LogP contribution is -2.28. The van der Waals surface area contributed by atoms with Gasteiger partial charge in [-0.25, -0.2) is 5.48 Å². The minimum Gasteiger partial charge on any atom is -0.398 e. The van der Waals surface area contributed by atoms with Crippen LogP contribution in [0.1, 0.15) is 41.6 Å². The van der Waals surface area contributed by atoms with Gasteiger partial charge in [0, 0.05) is 11.3 Å². The Kier molecular flexibility index (Phi) is 3.64. The highest BCUT2D eigenvalue weighted by molar-refractivity contribution is 5.94. The van der Waals surface area contributed by atoms with Gasteiger partial charge >= 0.3 is 0 Å². The number of anilines is 1. The maximum atomic E-state index is 11.8. The lowest BCUT2D eigenvalue weighted by molar-refractivity contribution is -0.0124. The molecule has 0 aliphatic heterocycles. The fourth-order valence-electron chi connectivity index (χ4n) is 1.98. The molecule has 0 aromatic heterocycles. The van der Waals surface area contributed by atoms with Crippen molar-refractivity contribution in [3.05, 3.63) is 29.3 Å². The zero-order chi connectivity index (χ0) is 12.3. The molecule has 1 aliphatic carbocycles. The Balaban J connectivity index is 1.92. The number of carbonyl (C=O) groups is 1. The average molecular weight is 234 g/mol. The molecular weight excluding hydrogens is 216 g/mol. The van der Waals surface area contributed by atoms with Crippen molar-refractivity contribution in [1.82, 2.24) is 5.48 Å². The summed E-state index contributed by atoms with van der Waals surface area (Å²) in [6, 6.07) is 5.25. The third-order valence-corrected chi connectivity index (χ3v) is 3.16. The smallest absolute Gasteiger partial charge is 0.274 e. The van der Waals surface area contributed by atoms with E-state index in [0.29, 0.717) is 11.3 Å². The van der Waals surface area contributed by atoms with Crippen molar-refractivity contribution in [1.29, 1.82) is 0 Å². The average Bonchev–Trinajstić information content (AvgIpc) is 2.82. The Morgan fingerprint density at radius 2 is 2.12 bits per heavy atom. The predicted molar refractivity (Wildman–Crippen MR) is 66.4 cm³/mol. The molecule has 17 heavy (non-hydrogen) atoms. The second kappa shape index (κ2) is 5.19. The second-order valence-electron chi connectivity index (χ2n) is 4.53. The molecule has 0 radical (unpaired) electrons. The molecule has 1 fully saturated rings. The molecule has 92 valence electrons. The summed E-state index contributed by atoms with van der Waals surface area (Å²) in [6.07, 6.45) is 4.57. The van der Waals surface area contributed by atoms with Gasteiger partial charge in [0.1, 0.15) is 0 Å². The molecule has 1 aliphatic rings. The first kappa shape index (κ1) is 11.9. The largest absolute Gasteiger partial charge is 0.398 e. The molecule has 0 unspecified atom stereocenters. The van der Waals surface area contributed by atoms with Crippen LogP contribution in [0.2, 0.25) is 0 Å². The van der Waals surface area contributed by atoms with Gasteiger partial charge in [0.15, 0.2) is 0 Å². The van der Waals surface area contributed by atoms with Crippen molar-refractivity contribution in [3.63, 3.8) is 0 Å². The number of nitrogens with two attached hydrogens (primary N) is 1. The van der Waals surface area contributed by atoms with Crippen LogP contribution in [0.3, 0.4) is 0 Å². The Hall–Kier alpha value is -1.55. The van der Waals surface area contributed by atoms with Crippen LogP contribution in [0.4, 0.5) is 5.69 Å². The van der Waals surface area contributed by atoms with Crippen molar-refractivity contribution in [2.75, 3.05) is 5.73 Å². The third kappa shape index (κ3) is 2.97. The van der Waals surface area contributed by atoms with Gasteiger partial charge in [0.2, 0.25) is 0 Å². The molecule has 2 rings (SSSR count). The highest BCUT2D eigenvalue weighted by Gasteiger charge is 2.17. The van der Waals surface area contributed by atoms with Gasteiger partial charge in [-0.3, -0.25) is 9.63 Å². The summed E-state index contributed by atoms with van der Waals surface area (Å²) in [5.41, 5.74) is 10.4. The summed E-state index contributed by atoms with van der Waals surface area (Å²) >= 11 is 0. The van der Waals surface area contributed by atoms with Gasteiger partial charge in [0.25, 0.3) is 5.91 Å². The first-order valence-electron chi connectivity index (χ1n) is 5.99. The molecule has 1 saturated carbocycles. The van der Waals surface area contributed by atoms with Crippen molar-refractivity contribution in [2.24, 2.45) is 0 Å². The molecule has 4 heteroatoms. The molecule has 0 spiro atoms. The Bertz CT molecular complexity index is 412. The van der Waals surface area contributed by atoms with E-state index in [1.54, 1.807) is 12.1 Å². The van der Waals surface area contributed by atoms with Gasteiger partial charge in [-0.2, -0.15) is 0 Å². The number of hydroxylamine groups is 1. The summed E-state index contributed by atoms with van der Waals surface area (Å²) in [4.78, 5) is 17.1. The topological polar surface area (TPSA) is 64.3 Å². The number of amides is 1. The molecule has 3 N–H and O–H groups in total. The molecule has 1 aromatic rings.